The molecule has 0 aliphatic carbocycles. The highest BCUT2D eigenvalue weighted by Gasteiger charge is 2.11. The van der Waals surface area contributed by atoms with Gasteiger partial charge in [-0.25, -0.2) is 4.98 Å². The first kappa shape index (κ1) is 10.9. The zero-order valence-corrected chi connectivity index (χ0v) is 9.63. The maximum absolute atomic E-state index is 5.91. The predicted octanol–water partition coefficient (Wildman–Crippen LogP) is 1.88. The number of halogens is 1. The molecule has 1 aromatic rings. The van der Waals surface area contributed by atoms with E-state index in [4.69, 9.17) is 16.3 Å². The van der Waals surface area contributed by atoms with E-state index >= 15 is 0 Å². The molecule has 1 saturated heterocycles. The van der Waals surface area contributed by atoms with Crippen LogP contribution in [0.5, 0.6) is 0 Å². The van der Waals surface area contributed by atoms with Crippen LogP contribution in [0, 0.1) is 6.92 Å². The van der Waals surface area contributed by atoms with Crippen LogP contribution in [0.2, 0.25) is 5.15 Å². The summed E-state index contributed by atoms with van der Waals surface area (Å²) in [5.41, 5.74) is 2.21. The molecule has 0 N–H and O–H groups in total. The average molecular weight is 227 g/mol. The molecule has 0 spiro atoms. The minimum Gasteiger partial charge on any atom is -0.379 e. The van der Waals surface area contributed by atoms with E-state index in [1.54, 1.807) is 0 Å². The first-order valence-corrected chi connectivity index (χ1v) is 5.55. The van der Waals surface area contributed by atoms with E-state index in [1.807, 2.05) is 13.0 Å². The first-order chi connectivity index (χ1) is 7.24. The molecular formula is C11H15ClN2O. The number of aromatic nitrogens is 1. The molecule has 2 rings (SSSR count). The highest BCUT2D eigenvalue weighted by atomic mass is 35.5. The molecule has 1 fully saturated rings. The molecule has 0 saturated carbocycles. The molecule has 82 valence electrons. The highest BCUT2D eigenvalue weighted by molar-refractivity contribution is 6.29. The lowest BCUT2D eigenvalue weighted by atomic mass is 10.2. The van der Waals surface area contributed by atoms with Crippen molar-refractivity contribution >= 4 is 11.6 Å². The fraction of sp³-hybridized carbons (Fsp3) is 0.545. The number of hydrogen-bond acceptors (Lipinski definition) is 3. The van der Waals surface area contributed by atoms with Gasteiger partial charge in [-0.1, -0.05) is 11.6 Å². The van der Waals surface area contributed by atoms with Crippen LogP contribution in [-0.4, -0.2) is 36.2 Å². The molecule has 1 aliphatic heterocycles. The molecular weight excluding hydrogens is 212 g/mol. The minimum atomic E-state index is 0.582. The second-order valence-electron chi connectivity index (χ2n) is 3.83. The topological polar surface area (TPSA) is 25.4 Å². The van der Waals surface area contributed by atoms with Gasteiger partial charge in [0.1, 0.15) is 5.15 Å². The van der Waals surface area contributed by atoms with E-state index < -0.39 is 0 Å². The van der Waals surface area contributed by atoms with Gasteiger partial charge in [-0.3, -0.25) is 4.90 Å². The van der Waals surface area contributed by atoms with Crippen molar-refractivity contribution in [3.05, 3.63) is 28.5 Å². The summed E-state index contributed by atoms with van der Waals surface area (Å²) in [6, 6.07) is 4.02. The van der Waals surface area contributed by atoms with Gasteiger partial charge < -0.3 is 4.74 Å². The molecule has 2 heterocycles. The van der Waals surface area contributed by atoms with Crippen LogP contribution in [0.3, 0.4) is 0 Å². The molecule has 0 atom stereocenters. The lowest BCUT2D eigenvalue weighted by Crippen LogP contribution is -2.35. The van der Waals surface area contributed by atoms with Gasteiger partial charge in [-0.2, -0.15) is 0 Å². The first-order valence-electron chi connectivity index (χ1n) is 5.17. The van der Waals surface area contributed by atoms with E-state index in [0.29, 0.717) is 5.15 Å². The van der Waals surface area contributed by atoms with Gasteiger partial charge >= 0.3 is 0 Å². The van der Waals surface area contributed by atoms with Crippen LogP contribution < -0.4 is 0 Å². The van der Waals surface area contributed by atoms with Crippen LogP contribution >= 0.6 is 11.6 Å². The quantitative estimate of drug-likeness (QED) is 0.720. The summed E-state index contributed by atoms with van der Waals surface area (Å²) >= 11 is 5.91. The average Bonchev–Trinajstić information content (AvgIpc) is 2.17. The Bertz CT molecular complexity index is 317. The molecule has 1 aliphatic rings. The second-order valence-corrected chi connectivity index (χ2v) is 4.22. The molecule has 0 bridgehead atoms. The van der Waals surface area contributed by atoms with Gasteiger partial charge in [0, 0.05) is 25.3 Å². The van der Waals surface area contributed by atoms with Crippen LogP contribution in [0.25, 0.3) is 0 Å². The molecule has 4 heteroatoms. The Labute approximate surface area is 95.0 Å². The van der Waals surface area contributed by atoms with Crippen molar-refractivity contribution in [2.75, 3.05) is 26.3 Å². The SMILES string of the molecule is Cc1cc(CN2CCOCC2)cc(Cl)n1. The molecule has 15 heavy (non-hydrogen) atoms. The number of nitrogens with zero attached hydrogens (tertiary/aromatic N) is 2. The van der Waals surface area contributed by atoms with Crippen molar-refractivity contribution in [1.82, 2.24) is 9.88 Å². The van der Waals surface area contributed by atoms with Crippen molar-refractivity contribution in [1.29, 1.82) is 0 Å². The van der Waals surface area contributed by atoms with Crippen molar-refractivity contribution < 1.29 is 4.74 Å². The lowest BCUT2D eigenvalue weighted by Gasteiger charge is -2.26. The Hall–Kier alpha value is -0.640. The number of morpholine rings is 1. The van der Waals surface area contributed by atoms with Crippen LogP contribution in [0.15, 0.2) is 12.1 Å². The summed E-state index contributed by atoms with van der Waals surface area (Å²) in [6.07, 6.45) is 0. The van der Waals surface area contributed by atoms with E-state index in [1.165, 1.54) is 5.56 Å². The standard InChI is InChI=1S/C11H15ClN2O/c1-9-6-10(7-11(12)13-9)8-14-2-4-15-5-3-14/h6-7H,2-5,8H2,1H3. The number of hydrogen-bond donors (Lipinski definition) is 0. The van der Waals surface area contributed by atoms with Crippen molar-refractivity contribution in [3.63, 3.8) is 0 Å². The molecule has 0 radical (unpaired) electrons. The Kier molecular flexibility index (Phi) is 3.57. The molecule has 1 aromatic heterocycles. The Morgan fingerprint density at radius 3 is 2.80 bits per heavy atom. The van der Waals surface area contributed by atoms with E-state index in [9.17, 15) is 0 Å². The number of aryl methyl sites for hydroxylation is 1. The highest BCUT2D eigenvalue weighted by Crippen LogP contribution is 2.13. The predicted molar refractivity (Wildman–Crippen MR) is 60.1 cm³/mol. The third-order valence-electron chi connectivity index (χ3n) is 2.49. The lowest BCUT2D eigenvalue weighted by molar-refractivity contribution is 0.0342. The van der Waals surface area contributed by atoms with E-state index in [-0.39, 0.29) is 0 Å². The molecule has 0 amide bonds. The summed E-state index contributed by atoms with van der Waals surface area (Å²) in [6.45, 7) is 6.56. The monoisotopic (exact) mass is 226 g/mol. The fourth-order valence-corrected chi connectivity index (χ4v) is 2.08. The van der Waals surface area contributed by atoms with Crippen LogP contribution in [0.1, 0.15) is 11.3 Å². The van der Waals surface area contributed by atoms with E-state index in [2.05, 4.69) is 16.0 Å². The third kappa shape index (κ3) is 3.16. The summed E-state index contributed by atoms with van der Waals surface area (Å²) in [4.78, 5) is 6.52. The Morgan fingerprint density at radius 1 is 1.40 bits per heavy atom. The molecule has 0 unspecified atom stereocenters. The zero-order chi connectivity index (χ0) is 10.7. The molecule has 3 nitrogen and oxygen atoms in total. The maximum Gasteiger partial charge on any atom is 0.129 e. The fourth-order valence-electron chi connectivity index (χ4n) is 1.80. The number of ether oxygens (including phenoxy) is 1. The summed E-state index contributed by atoms with van der Waals surface area (Å²) in [7, 11) is 0. The summed E-state index contributed by atoms with van der Waals surface area (Å²) in [5.74, 6) is 0. The van der Waals surface area contributed by atoms with Crippen LogP contribution in [0.4, 0.5) is 0 Å². The Morgan fingerprint density at radius 2 is 2.13 bits per heavy atom. The Balaban J connectivity index is 2.02. The van der Waals surface area contributed by atoms with Crippen molar-refractivity contribution in [2.45, 2.75) is 13.5 Å². The van der Waals surface area contributed by atoms with Crippen LogP contribution in [-0.2, 0) is 11.3 Å². The van der Waals surface area contributed by atoms with Gasteiger partial charge in [0.05, 0.1) is 13.2 Å². The van der Waals surface area contributed by atoms with Gasteiger partial charge in [-0.15, -0.1) is 0 Å². The normalized spacial score (nSPS) is 18.0. The number of pyridine rings is 1. The van der Waals surface area contributed by atoms with Crippen molar-refractivity contribution in [2.24, 2.45) is 0 Å². The number of rotatable bonds is 2. The summed E-state index contributed by atoms with van der Waals surface area (Å²) in [5, 5.41) is 0.582. The zero-order valence-electron chi connectivity index (χ0n) is 8.87. The van der Waals surface area contributed by atoms with Gasteiger partial charge in [0.2, 0.25) is 0 Å². The second kappa shape index (κ2) is 4.92. The third-order valence-corrected chi connectivity index (χ3v) is 2.69. The van der Waals surface area contributed by atoms with Gasteiger partial charge in [-0.05, 0) is 24.6 Å². The van der Waals surface area contributed by atoms with Gasteiger partial charge in [0.25, 0.3) is 0 Å². The molecule has 0 aromatic carbocycles. The van der Waals surface area contributed by atoms with Crippen molar-refractivity contribution in [3.8, 4) is 0 Å². The minimum absolute atomic E-state index is 0.582. The van der Waals surface area contributed by atoms with Gasteiger partial charge in [0.15, 0.2) is 0 Å². The largest absolute Gasteiger partial charge is 0.379 e. The maximum atomic E-state index is 5.91. The smallest absolute Gasteiger partial charge is 0.129 e. The van der Waals surface area contributed by atoms with E-state index in [0.717, 1.165) is 38.5 Å². The summed E-state index contributed by atoms with van der Waals surface area (Å²) < 4.78 is 5.30.